The number of sulfonamides is 1. The number of hydrogen-bond acceptors (Lipinski definition) is 4. The number of pyridine rings is 1. The zero-order valence-corrected chi connectivity index (χ0v) is 13.1. The van der Waals surface area contributed by atoms with Gasteiger partial charge in [0.15, 0.2) is 5.03 Å². The minimum Gasteiger partial charge on any atom is -0.310 e. The molecule has 5 nitrogen and oxygen atoms in total. The zero-order chi connectivity index (χ0) is 14.9. The summed E-state index contributed by atoms with van der Waals surface area (Å²) in [5, 5.41) is 3.54. The van der Waals surface area contributed by atoms with Crippen molar-refractivity contribution in [2.24, 2.45) is 0 Å². The quantitative estimate of drug-likeness (QED) is 0.841. The van der Waals surface area contributed by atoms with Crippen molar-refractivity contribution in [2.45, 2.75) is 43.8 Å². The first kappa shape index (κ1) is 14.7. The predicted octanol–water partition coefficient (Wildman–Crippen LogP) is 1.67. The van der Waals surface area contributed by atoms with E-state index < -0.39 is 10.0 Å². The van der Waals surface area contributed by atoms with Crippen molar-refractivity contribution >= 4 is 10.0 Å². The van der Waals surface area contributed by atoms with Crippen LogP contribution in [0.15, 0.2) is 35.0 Å². The van der Waals surface area contributed by atoms with Crippen molar-refractivity contribution in [3.05, 3.63) is 35.5 Å². The van der Waals surface area contributed by atoms with Crippen LogP contribution in [0.2, 0.25) is 0 Å². The molecule has 0 amide bonds. The van der Waals surface area contributed by atoms with Gasteiger partial charge in [0, 0.05) is 31.9 Å². The molecule has 2 heterocycles. The minimum atomic E-state index is -3.46. The van der Waals surface area contributed by atoms with Crippen LogP contribution in [-0.4, -0.2) is 36.8 Å². The Bertz CT molecular complexity index is 633. The molecule has 0 aromatic carbocycles. The molecule has 0 radical (unpaired) electrons. The van der Waals surface area contributed by atoms with E-state index in [1.54, 1.807) is 12.3 Å². The summed E-state index contributed by atoms with van der Waals surface area (Å²) in [7, 11) is -3.46. The normalized spacial score (nSPS) is 20.3. The SMILES string of the molecule is CC1=CCN(S(=O)(=O)c2ccc(CNC3CC3)cn2)CC1. The summed E-state index contributed by atoms with van der Waals surface area (Å²) >= 11 is 0. The first-order chi connectivity index (χ1) is 10.1. The lowest BCUT2D eigenvalue weighted by Crippen LogP contribution is -2.35. The standard InChI is InChI=1S/C15H21N3O2S/c1-12-6-8-18(9-7-12)21(19,20)15-5-2-13(11-17-15)10-16-14-3-4-14/h2,5-6,11,14,16H,3-4,7-10H2,1H3. The molecular formula is C15H21N3O2S. The van der Waals surface area contributed by atoms with Gasteiger partial charge in [-0.25, -0.2) is 13.4 Å². The summed E-state index contributed by atoms with van der Waals surface area (Å²) in [5.74, 6) is 0. The molecule has 0 unspecified atom stereocenters. The van der Waals surface area contributed by atoms with Crippen LogP contribution in [0.1, 0.15) is 31.7 Å². The Labute approximate surface area is 126 Å². The van der Waals surface area contributed by atoms with E-state index in [-0.39, 0.29) is 5.03 Å². The molecule has 1 aliphatic heterocycles. The van der Waals surface area contributed by atoms with Crippen LogP contribution in [0.25, 0.3) is 0 Å². The molecule has 0 atom stereocenters. The third kappa shape index (κ3) is 3.51. The van der Waals surface area contributed by atoms with E-state index in [0.717, 1.165) is 18.5 Å². The van der Waals surface area contributed by atoms with Gasteiger partial charge in [0.2, 0.25) is 0 Å². The fourth-order valence-electron chi connectivity index (χ4n) is 2.32. The van der Waals surface area contributed by atoms with E-state index in [4.69, 9.17) is 0 Å². The van der Waals surface area contributed by atoms with Crippen molar-refractivity contribution in [3.63, 3.8) is 0 Å². The van der Waals surface area contributed by atoms with Crippen LogP contribution in [0, 0.1) is 0 Å². The highest BCUT2D eigenvalue weighted by molar-refractivity contribution is 7.89. The van der Waals surface area contributed by atoms with E-state index in [9.17, 15) is 8.42 Å². The largest absolute Gasteiger partial charge is 0.310 e. The summed E-state index contributed by atoms with van der Waals surface area (Å²) in [4.78, 5) is 4.15. The molecule has 1 fully saturated rings. The molecule has 21 heavy (non-hydrogen) atoms. The summed E-state index contributed by atoms with van der Waals surface area (Å²) in [6.45, 7) is 3.77. The number of nitrogens with one attached hydrogen (secondary N) is 1. The lowest BCUT2D eigenvalue weighted by Gasteiger charge is -2.24. The Kier molecular flexibility index (Phi) is 4.10. The Morgan fingerprint density at radius 1 is 1.38 bits per heavy atom. The molecule has 0 saturated heterocycles. The lowest BCUT2D eigenvalue weighted by molar-refractivity contribution is 0.429. The fraction of sp³-hybridized carbons (Fsp3) is 0.533. The van der Waals surface area contributed by atoms with Crippen LogP contribution in [0.3, 0.4) is 0 Å². The molecule has 1 aromatic heterocycles. The molecular weight excluding hydrogens is 286 g/mol. The number of rotatable bonds is 5. The highest BCUT2D eigenvalue weighted by Crippen LogP contribution is 2.20. The average molecular weight is 307 g/mol. The summed E-state index contributed by atoms with van der Waals surface area (Å²) in [6, 6.07) is 4.10. The summed E-state index contributed by atoms with van der Waals surface area (Å²) in [6.07, 6.45) is 6.90. The van der Waals surface area contributed by atoms with Gasteiger partial charge in [-0.15, -0.1) is 0 Å². The lowest BCUT2D eigenvalue weighted by atomic mass is 10.1. The topological polar surface area (TPSA) is 62.3 Å². The van der Waals surface area contributed by atoms with Crippen molar-refractivity contribution < 1.29 is 8.42 Å². The average Bonchev–Trinajstić information content (AvgIpc) is 3.30. The first-order valence-corrected chi connectivity index (χ1v) is 8.84. The van der Waals surface area contributed by atoms with Gasteiger partial charge in [-0.3, -0.25) is 0 Å². The molecule has 1 N–H and O–H groups in total. The third-order valence-corrected chi connectivity index (χ3v) is 5.75. The second-order valence-electron chi connectivity index (χ2n) is 5.82. The third-order valence-electron chi connectivity index (χ3n) is 3.97. The molecule has 6 heteroatoms. The van der Waals surface area contributed by atoms with Crippen molar-refractivity contribution in [2.75, 3.05) is 13.1 Å². The Morgan fingerprint density at radius 3 is 2.76 bits per heavy atom. The zero-order valence-electron chi connectivity index (χ0n) is 12.2. The van der Waals surface area contributed by atoms with Gasteiger partial charge in [0.25, 0.3) is 10.0 Å². The second-order valence-corrected chi connectivity index (χ2v) is 7.71. The molecule has 0 bridgehead atoms. The molecule has 0 spiro atoms. The van der Waals surface area contributed by atoms with Crippen LogP contribution in [-0.2, 0) is 16.6 Å². The molecule has 2 aliphatic rings. The van der Waals surface area contributed by atoms with E-state index in [1.165, 1.54) is 22.7 Å². The highest BCUT2D eigenvalue weighted by Gasteiger charge is 2.26. The van der Waals surface area contributed by atoms with Gasteiger partial charge in [0.05, 0.1) is 0 Å². The van der Waals surface area contributed by atoms with E-state index in [2.05, 4.69) is 10.3 Å². The highest BCUT2D eigenvalue weighted by atomic mass is 32.2. The van der Waals surface area contributed by atoms with Gasteiger partial charge in [-0.2, -0.15) is 4.31 Å². The van der Waals surface area contributed by atoms with Crippen molar-refractivity contribution in [1.82, 2.24) is 14.6 Å². The van der Waals surface area contributed by atoms with E-state index >= 15 is 0 Å². The van der Waals surface area contributed by atoms with Crippen LogP contribution in [0.5, 0.6) is 0 Å². The summed E-state index contributed by atoms with van der Waals surface area (Å²) < 4.78 is 26.5. The Balaban J connectivity index is 1.69. The fourth-order valence-corrected chi connectivity index (χ4v) is 3.61. The Morgan fingerprint density at radius 2 is 2.19 bits per heavy atom. The predicted molar refractivity (Wildman–Crippen MR) is 81.2 cm³/mol. The maximum Gasteiger partial charge on any atom is 0.260 e. The number of aromatic nitrogens is 1. The number of hydrogen-bond donors (Lipinski definition) is 1. The van der Waals surface area contributed by atoms with Crippen LogP contribution in [0.4, 0.5) is 0 Å². The van der Waals surface area contributed by atoms with Crippen LogP contribution < -0.4 is 5.32 Å². The van der Waals surface area contributed by atoms with Crippen molar-refractivity contribution in [3.8, 4) is 0 Å². The minimum absolute atomic E-state index is 0.144. The van der Waals surface area contributed by atoms with Gasteiger partial charge in [-0.05, 0) is 37.8 Å². The van der Waals surface area contributed by atoms with Crippen molar-refractivity contribution in [1.29, 1.82) is 0 Å². The maximum absolute atomic E-state index is 12.5. The Hall–Kier alpha value is -1.24. The first-order valence-electron chi connectivity index (χ1n) is 7.40. The van der Waals surface area contributed by atoms with Gasteiger partial charge < -0.3 is 5.32 Å². The van der Waals surface area contributed by atoms with Crippen LogP contribution >= 0.6 is 0 Å². The monoisotopic (exact) mass is 307 g/mol. The second kappa shape index (κ2) is 5.87. The van der Waals surface area contributed by atoms with E-state index in [0.29, 0.717) is 19.1 Å². The summed E-state index contributed by atoms with van der Waals surface area (Å²) in [5.41, 5.74) is 2.27. The smallest absolute Gasteiger partial charge is 0.260 e. The molecule has 1 aromatic rings. The van der Waals surface area contributed by atoms with Gasteiger partial charge >= 0.3 is 0 Å². The molecule has 1 saturated carbocycles. The molecule has 3 rings (SSSR count). The molecule has 114 valence electrons. The maximum atomic E-state index is 12.5. The van der Waals surface area contributed by atoms with Gasteiger partial charge in [-0.1, -0.05) is 17.7 Å². The van der Waals surface area contributed by atoms with Gasteiger partial charge in [0.1, 0.15) is 0 Å². The number of nitrogens with zero attached hydrogens (tertiary/aromatic N) is 2. The molecule has 1 aliphatic carbocycles. The van der Waals surface area contributed by atoms with E-state index in [1.807, 2.05) is 19.1 Å².